The number of nitrogens with one attached hydrogen (secondary N) is 1. The normalized spacial score (nSPS) is 19.6. The molecule has 2 bridgehead atoms. The topological polar surface area (TPSA) is 94.0 Å². The number of rotatable bonds is 6. The number of aryl methyl sites for hydroxylation is 1. The molecule has 5 heterocycles. The zero-order valence-corrected chi connectivity index (χ0v) is 20.4. The molecule has 10 heteroatoms. The lowest BCUT2D eigenvalue weighted by molar-refractivity contribution is 0.0290. The molecule has 2 saturated heterocycles. The van der Waals surface area contributed by atoms with Crippen molar-refractivity contribution in [2.45, 2.75) is 32.0 Å². The molecule has 0 unspecified atom stereocenters. The highest BCUT2D eigenvalue weighted by molar-refractivity contribution is 6.36. The molecule has 1 N–H and O–H groups in total. The van der Waals surface area contributed by atoms with E-state index < -0.39 is 0 Å². The average molecular weight is 502 g/mol. The van der Waals surface area contributed by atoms with E-state index in [-0.39, 0.29) is 0 Å². The maximum atomic E-state index is 6.75. The van der Waals surface area contributed by atoms with Crippen molar-refractivity contribution in [3.8, 4) is 22.8 Å². The second kappa shape index (κ2) is 8.55. The molecule has 2 aromatic carbocycles. The van der Waals surface area contributed by atoms with Gasteiger partial charge in [0, 0.05) is 37.0 Å². The van der Waals surface area contributed by atoms with Gasteiger partial charge in [0.2, 0.25) is 0 Å². The van der Waals surface area contributed by atoms with Crippen molar-refractivity contribution >= 4 is 33.7 Å². The van der Waals surface area contributed by atoms with E-state index in [1.807, 2.05) is 54.3 Å². The molecule has 0 radical (unpaired) electrons. The maximum Gasteiger partial charge on any atom is 0.148 e. The van der Waals surface area contributed by atoms with E-state index in [9.17, 15) is 0 Å². The minimum absolute atomic E-state index is 0.409. The van der Waals surface area contributed by atoms with Crippen LogP contribution in [0.15, 0.2) is 48.9 Å². The number of hydrogen-bond acceptors (Lipinski definition) is 7. The lowest BCUT2D eigenvalue weighted by Crippen LogP contribution is -2.38. The number of imidazole rings is 1. The molecule has 2 aliphatic rings. The summed E-state index contributed by atoms with van der Waals surface area (Å²) < 4.78 is 13.8. The summed E-state index contributed by atoms with van der Waals surface area (Å²) in [6, 6.07) is 9.94. The molecule has 3 aromatic heterocycles. The van der Waals surface area contributed by atoms with Crippen LogP contribution in [0.25, 0.3) is 33.3 Å². The summed E-state index contributed by atoms with van der Waals surface area (Å²) in [5.74, 6) is 2.04. The summed E-state index contributed by atoms with van der Waals surface area (Å²) in [4.78, 5) is 19.5. The van der Waals surface area contributed by atoms with Crippen LogP contribution in [0.4, 0.5) is 0 Å². The van der Waals surface area contributed by atoms with Crippen molar-refractivity contribution < 1.29 is 9.47 Å². The van der Waals surface area contributed by atoms with Crippen LogP contribution in [0, 0.1) is 6.92 Å². The third kappa shape index (κ3) is 3.89. The Balaban J connectivity index is 1.12. The maximum absolute atomic E-state index is 6.75. The Hall–Kier alpha value is -3.53. The first-order valence-electron chi connectivity index (χ1n) is 12.1. The van der Waals surface area contributed by atoms with Crippen LogP contribution >= 0.6 is 11.6 Å². The average Bonchev–Trinajstić information content (AvgIpc) is 3.68. The number of H-pyrrole nitrogens is 1. The molecule has 7 rings (SSSR count). The van der Waals surface area contributed by atoms with Gasteiger partial charge in [0.1, 0.15) is 27.9 Å². The highest BCUT2D eigenvalue weighted by Crippen LogP contribution is 2.35. The Bertz CT molecular complexity index is 1600. The number of benzene rings is 2. The van der Waals surface area contributed by atoms with E-state index in [1.165, 1.54) is 0 Å². The quantitative estimate of drug-likeness (QED) is 0.363. The van der Waals surface area contributed by atoms with Gasteiger partial charge >= 0.3 is 0 Å². The van der Waals surface area contributed by atoms with Gasteiger partial charge in [0.15, 0.2) is 0 Å². The van der Waals surface area contributed by atoms with Crippen LogP contribution in [0.2, 0.25) is 5.02 Å². The monoisotopic (exact) mass is 501 g/mol. The summed E-state index contributed by atoms with van der Waals surface area (Å²) in [6.07, 6.45) is 7.15. The lowest BCUT2D eigenvalue weighted by atomic mass is 10.2. The number of hydrogen-bond donors (Lipinski definition) is 1. The van der Waals surface area contributed by atoms with Gasteiger partial charge in [-0.3, -0.25) is 14.6 Å². The first-order chi connectivity index (χ1) is 17.6. The van der Waals surface area contributed by atoms with Crippen molar-refractivity contribution in [3.63, 3.8) is 0 Å². The van der Waals surface area contributed by atoms with Crippen molar-refractivity contribution in [1.82, 2.24) is 34.6 Å². The van der Waals surface area contributed by atoms with Crippen LogP contribution in [0.1, 0.15) is 12.2 Å². The SMILES string of the molecule is Cc1nc2ccc(Oc3ccc4ncc(-c5cnn(CCN6C[C@@H]7C[C@H]6CO7)c5)nc4c3Cl)cc2[nH]1. The number of aromatic amines is 1. The Morgan fingerprint density at radius 2 is 2.06 bits per heavy atom. The van der Waals surface area contributed by atoms with Crippen LogP contribution < -0.4 is 4.74 Å². The van der Waals surface area contributed by atoms with E-state index in [0.717, 1.165) is 60.8 Å². The molecule has 0 amide bonds. The van der Waals surface area contributed by atoms with Crippen molar-refractivity contribution in [1.29, 1.82) is 0 Å². The highest BCUT2D eigenvalue weighted by atomic mass is 35.5. The predicted octanol–water partition coefficient (Wildman–Crippen LogP) is 4.60. The van der Waals surface area contributed by atoms with Gasteiger partial charge in [-0.2, -0.15) is 5.10 Å². The smallest absolute Gasteiger partial charge is 0.148 e. The molecule has 0 aliphatic carbocycles. The van der Waals surface area contributed by atoms with Crippen LogP contribution in [0.5, 0.6) is 11.5 Å². The number of ether oxygens (including phenoxy) is 2. The minimum atomic E-state index is 0.409. The van der Waals surface area contributed by atoms with Crippen molar-refractivity contribution in [3.05, 3.63) is 59.8 Å². The third-order valence-corrected chi connectivity index (χ3v) is 7.34. The molecule has 9 nitrogen and oxygen atoms in total. The molecule has 0 saturated carbocycles. The number of aromatic nitrogens is 6. The summed E-state index contributed by atoms with van der Waals surface area (Å²) in [5, 5.41) is 4.96. The summed E-state index contributed by atoms with van der Waals surface area (Å²) in [5.41, 5.74) is 4.71. The fourth-order valence-electron chi connectivity index (χ4n) is 5.15. The molecule has 2 atom stereocenters. The number of halogens is 1. The fourth-order valence-corrected chi connectivity index (χ4v) is 5.39. The van der Waals surface area contributed by atoms with E-state index in [4.69, 9.17) is 26.1 Å². The van der Waals surface area contributed by atoms with Gasteiger partial charge in [-0.1, -0.05) is 11.6 Å². The van der Waals surface area contributed by atoms with Gasteiger partial charge in [-0.15, -0.1) is 0 Å². The largest absolute Gasteiger partial charge is 0.456 e. The van der Waals surface area contributed by atoms with Crippen molar-refractivity contribution in [2.24, 2.45) is 0 Å². The molecule has 2 aliphatic heterocycles. The summed E-state index contributed by atoms with van der Waals surface area (Å²) in [7, 11) is 0. The Kier molecular flexibility index (Phi) is 5.16. The molecular weight excluding hydrogens is 478 g/mol. The Labute approximate surface area is 212 Å². The van der Waals surface area contributed by atoms with Gasteiger partial charge in [0.05, 0.1) is 53.9 Å². The van der Waals surface area contributed by atoms with E-state index in [1.54, 1.807) is 6.20 Å². The Morgan fingerprint density at radius 3 is 2.92 bits per heavy atom. The molecular formula is C26H24ClN7O2. The fraction of sp³-hybridized carbons (Fsp3) is 0.308. The molecule has 36 heavy (non-hydrogen) atoms. The first kappa shape index (κ1) is 21.7. The number of likely N-dealkylation sites (tertiary alicyclic amines) is 1. The summed E-state index contributed by atoms with van der Waals surface area (Å²) in [6.45, 7) is 5.58. The van der Waals surface area contributed by atoms with Gasteiger partial charge in [-0.25, -0.2) is 9.97 Å². The molecule has 2 fully saturated rings. The number of fused-ring (bicyclic) bond motifs is 4. The Morgan fingerprint density at radius 1 is 1.14 bits per heavy atom. The molecule has 5 aromatic rings. The third-order valence-electron chi connectivity index (χ3n) is 6.98. The number of nitrogens with zero attached hydrogens (tertiary/aromatic N) is 6. The lowest BCUT2D eigenvalue weighted by Gasteiger charge is -2.26. The predicted molar refractivity (Wildman–Crippen MR) is 136 cm³/mol. The number of morpholine rings is 1. The zero-order chi connectivity index (χ0) is 24.2. The van der Waals surface area contributed by atoms with E-state index >= 15 is 0 Å². The zero-order valence-electron chi connectivity index (χ0n) is 19.7. The van der Waals surface area contributed by atoms with Gasteiger partial charge in [0.25, 0.3) is 0 Å². The van der Waals surface area contributed by atoms with E-state index in [0.29, 0.717) is 39.7 Å². The van der Waals surface area contributed by atoms with Gasteiger partial charge < -0.3 is 14.5 Å². The minimum Gasteiger partial charge on any atom is -0.456 e. The van der Waals surface area contributed by atoms with Crippen molar-refractivity contribution in [2.75, 3.05) is 19.7 Å². The van der Waals surface area contributed by atoms with E-state index in [2.05, 4.69) is 25.0 Å². The van der Waals surface area contributed by atoms with Crippen LogP contribution in [-0.2, 0) is 11.3 Å². The highest BCUT2D eigenvalue weighted by Gasteiger charge is 2.38. The first-order valence-corrected chi connectivity index (χ1v) is 12.4. The van der Waals surface area contributed by atoms with Crippen LogP contribution in [-0.4, -0.2) is 66.5 Å². The second-order valence-corrected chi connectivity index (χ2v) is 9.81. The molecule has 0 spiro atoms. The molecule has 182 valence electrons. The summed E-state index contributed by atoms with van der Waals surface area (Å²) >= 11 is 6.75. The second-order valence-electron chi connectivity index (χ2n) is 9.44. The standard InChI is InChI=1S/C26H24ClN7O2/c1-15-30-20-3-2-18(9-22(20)31-15)36-24-5-4-21-26(25(24)27)32-23(11-28-21)16-10-29-34(12-16)7-6-33-13-19-8-17(33)14-35-19/h2-5,9-12,17,19H,6-8,13-14H2,1H3,(H,30,31)/t17-,19-/m0/s1. The van der Waals surface area contributed by atoms with Gasteiger partial charge in [-0.05, 0) is 37.6 Å². The van der Waals surface area contributed by atoms with Crippen LogP contribution in [0.3, 0.4) is 0 Å².